The summed E-state index contributed by atoms with van der Waals surface area (Å²) in [6.07, 6.45) is 1.76. The number of aromatic nitrogens is 4. The molecule has 0 aliphatic heterocycles. The van der Waals surface area contributed by atoms with Crippen molar-refractivity contribution in [2.45, 2.75) is 70.3 Å². The van der Waals surface area contributed by atoms with Crippen molar-refractivity contribution in [3.63, 3.8) is 0 Å². The SMILES string of the molecule is Cc1cc(C)n(-c2cc(C3CC(CO)(CO)C3)nc(NC3CCC(F)(F)CC3)n2)n1. The normalized spacial score (nSPS) is 21.4. The van der Waals surface area contributed by atoms with Crippen LogP contribution in [0.25, 0.3) is 5.82 Å². The molecule has 0 radical (unpaired) electrons. The zero-order valence-corrected chi connectivity index (χ0v) is 17.4. The summed E-state index contributed by atoms with van der Waals surface area (Å²) in [5, 5.41) is 27.0. The first-order valence-electron chi connectivity index (χ1n) is 10.5. The molecular weight excluding hydrogens is 392 g/mol. The van der Waals surface area contributed by atoms with Gasteiger partial charge in [-0.1, -0.05) is 0 Å². The Hall–Kier alpha value is -2.13. The average molecular weight is 421 g/mol. The summed E-state index contributed by atoms with van der Waals surface area (Å²) in [6.45, 7) is 3.74. The Kier molecular flexibility index (Phi) is 5.52. The summed E-state index contributed by atoms with van der Waals surface area (Å²) in [7, 11) is 0. The summed E-state index contributed by atoms with van der Waals surface area (Å²) in [6, 6.07) is 3.76. The Morgan fingerprint density at radius 2 is 1.77 bits per heavy atom. The molecule has 0 atom stereocenters. The van der Waals surface area contributed by atoms with Gasteiger partial charge in [0.1, 0.15) is 0 Å². The van der Waals surface area contributed by atoms with E-state index in [1.807, 2.05) is 26.0 Å². The minimum atomic E-state index is -2.58. The van der Waals surface area contributed by atoms with Gasteiger partial charge in [0.25, 0.3) is 0 Å². The molecule has 2 heterocycles. The Labute approximate surface area is 174 Å². The standard InChI is InChI=1S/C21H29F2N5O2/c1-13-7-14(2)28(27-13)18-8-17(15-9-20(10-15,11-29)12-30)25-19(26-18)24-16-3-5-21(22,23)6-4-16/h7-8,15-16,29-30H,3-6,9-12H2,1-2H3,(H,24,25,26). The molecule has 30 heavy (non-hydrogen) atoms. The van der Waals surface area contributed by atoms with Gasteiger partial charge >= 0.3 is 0 Å². The molecule has 2 aromatic heterocycles. The number of hydrogen-bond donors (Lipinski definition) is 3. The Balaban J connectivity index is 1.61. The van der Waals surface area contributed by atoms with E-state index in [1.54, 1.807) is 4.68 Å². The number of alkyl halides is 2. The summed E-state index contributed by atoms with van der Waals surface area (Å²) in [5.74, 6) is -1.45. The van der Waals surface area contributed by atoms with Gasteiger partial charge in [-0.05, 0) is 45.6 Å². The quantitative estimate of drug-likeness (QED) is 0.663. The van der Waals surface area contributed by atoms with Gasteiger partial charge in [-0.25, -0.2) is 18.4 Å². The van der Waals surface area contributed by atoms with E-state index >= 15 is 0 Å². The van der Waals surface area contributed by atoms with Crippen molar-refractivity contribution >= 4 is 5.95 Å². The Morgan fingerprint density at radius 3 is 2.33 bits per heavy atom. The van der Waals surface area contributed by atoms with Crippen molar-refractivity contribution in [2.75, 3.05) is 18.5 Å². The Bertz CT molecular complexity index is 895. The first-order valence-corrected chi connectivity index (χ1v) is 10.5. The average Bonchev–Trinajstić information content (AvgIpc) is 3.02. The number of halogens is 2. The van der Waals surface area contributed by atoms with E-state index in [0.29, 0.717) is 37.4 Å². The lowest BCUT2D eigenvalue weighted by Crippen LogP contribution is -2.42. The number of aliphatic hydroxyl groups is 2. The summed E-state index contributed by atoms with van der Waals surface area (Å²) in [4.78, 5) is 9.29. The number of anilines is 1. The predicted molar refractivity (Wildman–Crippen MR) is 108 cm³/mol. The minimum Gasteiger partial charge on any atom is -0.396 e. The molecule has 164 valence electrons. The van der Waals surface area contributed by atoms with E-state index in [0.717, 1.165) is 17.1 Å². The highest BCUT2D eigenvalue weighted by Crippen LogP contribution is 2.50. The lowest BCUT2D eigenvalue weighted by atomic mass is 9.62. The molecule has 0 unspecified atom stereocenters. The number of nitrogens with one attached hydrogen (secondary N) is 1. The van der Waals surface area contributed by atoms with Crippen LogP contribution in [0.15, 0.2) is 12.1 Å². The molecule has 2 fully saturated rings. The van der Waals surface area contributed by atoms with E-state index in [4.69, 9.17) is 0 Å². The lowest BCUT2D eigenvalue weighted by molar-refractivity contribution is -0.0361. The molecule has 4 rings (SSSR count). The van der Waals surface area contributed by atoms with Crippen molar-refractivity contribution in [3.8, 4) is 5.82 Å². The van der Waals surface area contributed by atoms with Crippen molar-refractivity contribution in [2.24, 2.45) is 5.41 Å². The summed E-state index contributed by atoms with van der Waals surface area (Å²) >= 11 is 0. The second-order valence-electron chi connectivity index (χ2n) is 9.01. The van der Waals surface area contributed by atoms with Crippen molar-refractivity contribution in [1.82, 2.24) is 19.7 Å². The topological polar surface area (TPSA) is 96.1 Å². The number of rotatable bonds is 6. The molecule has 2 aromatic rings. The van der Waals surface area contributed by atoms with Crippen LogP contribution >= 0.6 is 0 Å². The van der Waals surface area contributed by atoms with Gasteiger partial charge < -0.3 is 15.5 Å². The number of nitrogens with zero attached hydrogens (tertiary/aromatic N) is 4. The smallest absolute Gasteiger partial charge is 0.248 e. The van der Waals surface area contributed by atoms with Gasteiger partial charge in [0, 0.05) is 42.0 Å². The number of aryl methyl sites for hydroxylation is 2. The summed E-state index contributed by atoms with van der Waals surface area (Å²) < 4.78 is 28.8. The molecule has 0 spiro atoms. The monoisotopic (exact) mass is 421 g/mol. The van der Waals surface area contributed by atoms with E-state index in [-0.39, 0.29) is 38.0 Å². The van der Waals surface area contributed by atoms with Gasteiger partial charge in [-0.2, -0.15) is 10.1 Å². The maximum Gasteiger partial charge on any atom is 0.248 e. The van der Waals surface area contributed by atoms with Crippen molar-refractivity contribution < 1.29 is 19.0 Å². The van der Waals surface area contributed by atoms with Crippen LogP contribution in [0.4, 0.5) is 14.7 Å². The molecular formula is C21H29F2N5O2. The highest BCUT2D eigenvalue weighted by molar-refractivity contribution is 5.39. The first kappa shape index (κ1) is 21.1. The second kappa shape index (κ2) is 7.85. The fourth-order valence-corrected chi connectivity index (χ4v) is 4.57. The zero-order valence-electron chi connectivity index (χ0n) is 17.4. The maximum absolute atomic E-state index is 13.5. The van der Waals surface area contributed by atoms with Crippen LogP contribution in [0.3, 0.4) is 0 Å². The van der Waals surface area contributed by atoms with Crippen LogP contribution < -0.4 is 5.32 Å². The van der Waals surface area contributed by atoms with Crippen LogP contribution in [0, 0.1) is 19.3 Å². The van der Waals surface area contributed by atoms with Gasteiger partial charge in [-0.3, -0.25) is 0 Å². The number of hydrogen-bond acceptors (Lipinski definition) is 6. The van der Waals surface area contributed by atoms with Gasteiger partial charge in [-0.15, -0.1) is 0 Å². The maximum atomic E-state index is 13.5. The van der Waals surface area contributed by atoms with Crippen molar-refractivity contribution in [1.29, 1.82) is 0 Å². The van der Waals surface area contributed by atoms with Crippen LogP contribution in [0.2, 0.25) is 0 Å². The molecule has 9 heteroatoms. The fraction of sp³-hybridized carbons (Fsp3) is 0.667. The molecule has 0 aromatic carbocycles. The van der Waals surface area contributed by atoms with E-state index in [2.05, 4.69) is 20.4 Å². The fourth-order valence-electron chi connectivity index (χ4n) is 4.57. The van der Waals surface area contributed by atoms with Crippen LogP contribution in [0.1, 0.15) is 61.5 Å². The minimum absolute atomic E-state index is 0.0587. The highest BCUT2D eigenvalue weighted by Gasteiger charge is 2.45. The lowest BCUT2D eigenvalue weighted by Gasteiger charge is -2.45. The van der Waals surface area contributed by atoms with E-state index in [9.17, 15) is 19.0 Å². The molecule has 0 saturated heterocycles. The third-order valence-electron chi connectivity index (χ3n) is 6.46. The van der Waals surface area contributed by atoms with E-state index in [1.165, 1.54) is 0 Å². The molecule has 0 amide bonds. The van der Waals surface area contributed by atoms with Crippen LogP contribution in [0.5, 0.6) is 0 Å². The summed E-state index contributed by atoms with van der Waals surface area (Å²) in [5.41, 5.74) is 2.17. The third-order valence-corrected chi connectivity index (χ3v) is 6.46. The second-order valence-corrected chi connectivity index (χ2v) is 9.01. The third kappa shape index (κ3) is 4.18. The molecule has 7 nitrogen and oxygen atoms in total. The molecule has 2 saturated carbocycles. The molecule has 2 aliphatic rings. The first-order chi connectivity index (χ1) is 14.2. The van der Waals surface area contributed by atoms with Gasteiger partial charge in [0.05, 0.1) is 24.6 Å². The predicted octanol–water partition coefficient (Wildman–Crippen LogP) is 3.12. The highest BCUT2D eigenvalue weighted by atomic mass is 19.3. The van der Waals surface area contributed by atoms with E-state index < -0.39 is 11.3 Å². The van der Waals surface area contributed by atoms with Crippen LogP contribution in [-0.2, 0) is 0 Å². The van der Waals surface area contributed by atoms with Crippen LogP contribution in [-0.4, -0.2) is 55.1 Å². The molecule has 2 aliphatic carbocycles. The number of aliphatic hydroxyl groups excluding tert-OH is 2. The van der Waals surface area contributed by atoms with Crippen molar-refractivity contribution in [3.05, 3.63) is 29.2 Å². The molecule has 0 bridgehead atoms. The zero-order chi connectivity index (χ0) is 21.5. The Morgan fingerprint density at radius 1 is 1.10 bits per heavy atom. The van der Waals surface area contributed by atoms with Gasteiger partial charge in [0.2, 0.25) is 11.9 Å². The molecule has 3 N–H and O–H groups in total. The van der Waals surface area contributed by atoms with Gasteiger partial charge in [0.15, 0.2) is 5.82 Å². The largest absolute Gasteiger partial charge is 0.396 e.